The van der Waals surface area contributed by atoms with Crippen molar-refractivity contribution in [1.29, 1.82) is 0 Å². The highest BCUT2D eigenvalue weighted by Gasteiger charge is 2.19. The number of esters is 1. The molecule has 0 N–H and O–H groups in total. The summed E-state index contributed by atoms with van der Waals surface area (Å²) in [6, 6.07) is 0. The molecule has 10 heavy (non-hydrogen) atoms. The molecule has 1 aliphatic rings. The first-order valence-electron chi connectivity index (χ1n) is 3.46. The van der Waals surface area contributed by atoms with E-state index in [-0.39, 0.29) is 12.1 Å². The molecule has 0 aliphatic carbocycles. The molecule has 0 aromatic carbocycles. The second-order valence-corrected chi connectivity index (χ2v) is 2.41. The predicted octanol–water partition coefficient (Wildman–Crippen LogP) is 0.671. The Hall–Kier alpha value is -0.860. The minimum absolute atomic E-state index is 0.140. The maximum Gasteiger partial charge on any atom is 0.306 e. The van der Waals surface area contributed by atoms with Gasteiger partial charge in [0.1, 0.15) is 12.4 Å². The lowest BCUT2D eigenvalue weighted by molar-refractivity contribution is -0.154. The number of cyclic esters (lactones) is 1. The van der Waals surface area contributed by atoms with Gasteiger partial charge in [0.2, 0.25) is 0 Å². The predicted molar refractivity (Wildman–Crippen MR) is 34.4 cm³/mol. The van der Waals surface area contributed by atoms with Gasteiger partial charge < -0.3 is 9.53 Å². The van der Waals surface area contributed by atoms with Crippen LogP contribution in [-0.2, 0) is 14.3 Å². The van der Waals surface area contributed by atoms with E-state index in [1.165, 1.54) is 0 Å². The Labute approximate surface area is 59.4 Å². The average molecular weight is 142 g/mol. The molecule has 1 rings (SSSR count). The van der Waals surface area contributed by atoms with Crippen LogP contribution in [0.2, 0.25) is 0 Å². The van der Waals surface area contributed by atoms with E-state index in [2.05, 4.69) is 0 Å². The van der Waals surface area contributed by atoms with E-state index in [1.807, 2.05) is 0 Å². The molecule has 0 bridgehead atoms. The van der Waals surface area contributed by atoms with Gasteiger partial charge in [0.05, 0.1) is 0 Å². The van der Waals surface area contributed by atoms with E-state index in [4.69, 9.17) is 4.74 Å². The molecular formula is C7H10O3. The quantitative estimate of drug-likeness (QED) is 0.420. The van der Waals surface area contributed by atoms with Crippen LogP contribution < -0.4 is 0 Å². The van der Waals surface area contributed by atoms with Crippen LogP contribution in [-0.4, -0.2) is 18.4 Å². The molecule has 0 spiro atoms. The van der Waals surface area contributed by atoms with Crippen molar-refractivity contribution >= 4 is 12.3 Å². The van der Waals surface area contributed by atoms with Gasteiger partial charge in [0, 0.05) is 12.8 Å². The molecule has 1 fully saturated rings. The van der Waals surface area contributed by atoms with Crippen LogP contribution in [0.25, 0.3) is 0 Å². The SMILES string of the molecule is O=CCC1CCCC(=O)O1. The number of carbonyl (C=O) groups is 2. The van der Waals surface area contributed by atoms with Gasteiger partial charge in [-0.15, -0.1) is 0 Å². The van der Waals surface area contributed by atoms with Crippen LogP contribution in [0, 0.1) is 0 Å². The molecule has 0 radical (unpaired) electrons. The molecule has 0 saturated carbocycles. The summed E-state index contributed by atoms with van der Waals surface area (Å²) in [7, 11) is 0. The summed E-state index contributed by atoms with van der Waals surface area (Å²) in [5.41, 5.74) is 0. The van der Waals surface area contributed by atoms with Crippen LogP contribution >= 0.6 is 0 Å². The smallest absolute Gasteiger partial charge is 0.306 e. The molecule has 0 aromatic heterocycles. The zero-order valence-electron chi connectivity index (χ0n) is 5.71. The number of ether oxygens (including phenoxy) is 1. The van der Waals surface area contributed by atoms with E-state index in [9.17, 15) is 9.59 Å². The Kier molecular flexibility index (Phi) is 2.42. The third kappa shape index (κ3) is 1.83. The monoisotopic (exact) mass is 142 g/mol. The fourth-order valence-corrected chi connectivity index (χ4v) is 1.05. The lowest BCUT2D eigenvalue weighted by Gasteiger charge is -2.19. The first kappa shape index (κ1) is 7.25. The molecule has 1 unspecified atom stereocenters. The summed E-state index contributed by atoms with van der Waals surface area (Å²) < 4.78 is 4.86. The third-order valence-corrected chi connectivity index (χ3v) is 1.56. The molecule has 0 aromatic rings. The largest absolute Gasteiger partial charge is 0.462 e. The first-order valence-corrected chi connectivity index (χ1v) is 3.46. The van der Waals surface area contributed by atoms with Crippen molar-refractivity contribution in [3.63, 3.8) is 0 Å². The van der Waals surface area contributed by atoms with Crippen LogP contribution in [0.15, 0.2) is 0 Å². The second-order valence-electron chi connectivity index (χ2n) is 2.41. The Balaban J connectivity index is 2.31. The summed E-state index contributed by atoms with van der Waals surface area (Å²) in [5, 5.41) is 0. The van der Waals surface area contributed by atoms with Crippen LogP contribution in [0.1, 0.15) is 25.7 Å². The van der Waals surface area contributed by atoms with Crippen molar-refractivity contribution in [3.8, 4) is 0 Å². The summed E-state index contributed by atoms with van der Waals surface area (Å²) in [6.45, 7) is 0. The van der Waals surface area contributed by atoms with Gasteiger partial charge >= 0.3 is 5.97 Å². The highest BCUT2D eigenvalue weighted by atomic mass is 16.5. The summed E-state index contributed by atoms with van der Waals surface area (Å²) in [5.74, 6) is -0.168. The maximum absolute atomic E-state index is 10.6. The Morgan fingerprint density at radius 1 is 1.70 bits per heavy atom. The molecule has 1 atom stereocenters. The van der Waals surface area contributed by atoms with Crippen LogP contribution in [0.3, 0.4) is 0 Å². The fraction of sp³-hybridized carbons (Fsp3) is 0.714. The van der Waals surface area contributed by atoms with Gasteiger partial charge in [-0.3, -0.25) is 4.79 Å². The average Bonchev–Trinajstić information content (AvgIpc) is 1.88. The number of carbonyl (C=O) groups excluding carboxylic acids is 2. The van der Waals surface area contributed by atoms with Crippen molar-refractivity contribution in [3.05, 3.63) is 0 Å². The van der Waals surface area contributed by atoms with E-state index in [0.717, 1.165) is 19.1 Å². The molecule has 3 heteroatoms. The Morgan fingerprint density at radius 2 is 2.50 bits per heavy atom. The van der Waals surface area contributed by atoms with E-state index < -0.39 is 0 Å². The van der Waals surface area contributed by atoms with Crippen LogP contribution in [0.5, 0.6) is 0 Å². The third-order valence-electron chi connectivity index (χ3n) is 1.56. The highest BCUT2D eigenvalue weighted by molar-refractivity contribution is 5.70. The van der Waals surface area contributed by atoms with E-state index >= 15 is 0 Å². The topological polar surface area (TPSA) is 43.4 Å². The second kappa shape index (κ2) is 3.34. The zero-order valence-corrected chi connectivity index (χ0v) is 5.71. The number of aldehydes is 1. The lowest BCUT2D eigenvalue weighted by Crippen LogP contribution is -2.23. The van der Waals surface area contributed by atoms with Gasteiger partial charge in [-0.05, 0) is 12.8 Å². The minimum atomic E-state index is -0.168. The number of hydrogen-bond donors (Lipinski definition) is 0. The molecule has 1 saturated heterocycles. The number of rotatable bonds is 2. The van der Waals surface area contributed by atoms with Crippen molar-refractivity contribution in [2.45, 2.75) is 31.8 Å². The lowest BCUT2D eigenvalue weighted by atomic mass is 10.1. The van der Waals surface area contributed by atoms with Crippen molar-refractivity contribution in [2.75, 3.05) is 0 Å². The number of hydrogen-bond acceptors (Lipinski definition) is 3. The minimum Gasteiger partial charge on any atom is -0.462 e. The fourth-order valence-electron chi connectivity index (χ4n) is 1.05. The van der Waals surface area contributed by atoms with Gasteiger partial charge in [-0.25, -0.2) is 0 Å². The highest BCUT2D eigenvalue weighted by Crippen LogP contribution is 2.15. The van der Waals surface area contributed by atoms with E-state index in [0.29, 0.717) is 12.8 Å². The first-order chi connectivity index (χ1) is 4.83. The Bertz CT molecular complexity index is 142. The van der Waals surface area contributed by atoms with Crippen molar-refractivity contribution in [2.24, 2.45) is 0 Å². The standard InChI is InChI=1S/C7H10O3/c8-5-4-6-2-1-3-7(9)10-6/h5-6H,1-4H2. The molecule has 56 valence electrons. The molecule has 1 heterocycles. The zero-order chi connectivity index (χ0) is 7.40. The van der Waals surface area contributed by atoms with Gasteiger partial charge in [0.25, 0.3) is 0 Å². The molecule has 1 aliphatic heterocycles. The van der Waals surface area contributed by atoms with Crippen molar-refractivity contribution in [1.82, 2.24) is 0 Å². The van der Waals surface area contributed by atoms with Gasteiger partial charge in [-0.1, -0.05) is 0 Å². The maximum atomic E-state index is 10.6. The van der Waals surface area contributed by atoms with E-state index in [1.54, 1.807) is 0 Å². The normalized spacial score (nSPS) is 25.6. The molecule has 0 amide bonds. The molecule has 3 nitrogen and oxygen atoms in total. The molecular weight excluding hydrogens is 132 g/mol. The summed E-state index contributed by atoms with van der Waals surface area (Å²) in [4.78, 5) is 20.6. The van der Waals surface area contributed by atoms with Crippen LogP contribution in [0.4, 0.5) is 0 Å². The van der Waals surface area contributed by atoms with Gasteiger partial charge in [-0.2, -0.15) is 0 Å². The summed E-state index contributed by atoms with van der Waals surface area (Å²) in [6.07, 6.45) is 3.21. The van der Waals surface area contributed by atoms with Gasteiger partial charge in [0.15, 0.2) is 0 Å². The Morgan fingerprint density at radius 3 is 3.10 bits per heavy atom. The summed E-state index contributed by atoms with van der Waals surface area (Å²) >= 11 is 0. The van der Waals surface area contributed by atoms with Crippen molar-refractivity contribution < 1.29 is 14.3 Å².